The Bertz CT molecular complexity index is 2410. The summed E-state index contributed by atoms with van der Waals surface area (Å²) in [5.74, 6) is -4.71. The molecule has 1 aliphatic carbocycles. The van der Waals surface area contributed by atoms with E-state index < -0.39 is 111 Å². The number of aromatic nitrogens is 1. The van der Waals surface area contributed by atoms with Gasteiger partial charge >= 0.3 is 11.9 Å². The van der Waals surface area contributed by atoms with E-state index in [0.717, 1.165) is 25.7 Å². The van der Waals surface area contributed by atoms with Gasteiger partial charge in [0.1, 0.15) is 23.2 Å². The van der Waals surface area contributed by atoms with E-state index in [9.17, 15) is 19.8 Å². The molecule has 1 unspecified atom stereocenters. The number of carbonyl (C=O) groups excluding carboxylic acids is 4. The molecule has 7 rings (SSSR count). The fraction of sp³-hybridized carbons (Fsp3) is 0.741. The number of thioether (sulfide) groups is 1. The Morgan fingerprint density at radius 1 is 0.861 bits per heavy atom. The highest BCUT2D eigenvalue weighted by Gasteiger charge is 2.62. The van der Waals surface area contributed by atoms with Crippen LogP contribution in [0.4, 0.5) is 5.69 Å². The molecular weight excluding hydrogens is 1150 g/mol. The van der Waals surface area contributed by atoms with Gasteiger partial charge in [0, 0.05) is 92.4 Å². The molecule has 2 N–H and O–H groups in total. The SMILES string of the molecule is COc1ccc(N(CCSC2C(=O)O[C@@]3(C)[C@H]2[C@@H](C)C(=O)[C@H](C)C[C@@](C)(OC)[C@H](O[C@@H]2O[C@H](C)C[C@H](N(C)C)[C@H]2O)[C@@H](C)[C@H](O[C@H]2C[C@@](C)(OC)[C@@H](O)[C@H](C)O2)[C@@H](C)C(=O)O[C@@H]3I)C(=O)c2ccncc2)cc1OC1CCCC1. The van der Waals surface area contributed by atoms with Gasteiger partial charge in [-0.05, 0) is 141 Å². The molecule has 1 aromatic carbocycles. The average Bonchev–Trinajstić information content (AvgIpc) is 4.05. The number of carbonyl (C=O) groups is 4. The Hall–Kier alpha value is -3.23. The van der Waals surface area contributed by atoms with Crippen LogP contribution in [0, 0.1) is 29.6 Å². The summed E-state index contributed by atoms with van der Waals surface area (Å²) < 4.78 is 62.8. The van der Waals surface area contributed by atoms with Crippen LogP contribution in [0.3, 0.4) is 0 Å². The number of aliphatic hydroxyl groups excluding tert-OH is 2. The first-order chi connectivity index (χ1) is 37.3. The maximum atomic E-state index is 15.4. The van der Waals surface area contributed by atoms with Gasteiger partial charge in [-0.1, -0.05) is 20.8 Å². The van der Waals surface area contributed by atoms with Crippen molar-refractivity contribution in [2.45, 2.75) is 195 Å². The fourth-order valence-electron chi connectivity index (χ4n) is 12.7. The third kappa shape index (κ3) is 13.7. The third-order valence-electron chi connectivity index (χ3n) is 17.5. The minimum Gasteiger partial charge on any atom is -0.493 e. The number of rotatable bonds is 16. The topological polar surface area (TPSA) is 220 Å². The summed E-state index contributed by atoms with van der Waals surface area (Å²) in [5.41, 5.74) is -2.95. The molecule has 4 aliphatic heterocycles. The Morgan fingerprint density at radius 2 is 1.53 bits per heavy atom. The number of hydrogen-bond acceptors (Lipinski definition) is 19. The highest BCUT2D eigenvalue weighted by atomic mass is 127. The number of hydrogen-bond donors (Lipinski definition) is 2. The molecule has 0 bridgehead atoms. The number of halogens is 1. The van der Waals surface area contributed by atoms with Gasteiger partial charge in [-0.3, -0.25) is 24.2 Å². The van der Waals surface area contributed by atoms with Crippen molar-refractivity contribution >= 4 is 63.7 Å². The van der Waals surface area contributed by atoms with E-state index in [1.807, 2.05) is 75.3 Å². The van der Waals surface area contributed by atoms with Crippen molar-refractivity contribution in [2.24, 2.45) is 29.6 Å². The molecule has 1 saturated carbocycles. The monoisotopic (exact) mass is 1240 g/mol. The summed E-state index contributed by atoms with van der Waals surface area (Å²) >= 11 is 3.26. The standard InChI is InChI=1S/C58H86IN3O16S/c1-31-29-57(8,71-14)50(76-54-46(64)40(61(10)11)27-32(2)72-54)34(4)47(75-43-30-56(7,70-13)49(65)36(6)73-43)35(5)52(67)77-55(59)58(9)44(33(3)45(31)63)48(53(68)78-58)79-26-25-62(51(66)37-21-23-60-24-22-37)38-19-20-41(69-12)42(28-38)74-39-17-15-16-18-39/h19-24,28,31-36,39-40,43-44,46-50,54-55,64-65H,15-18,25-27,29-30H2,1-14H3/t31-,32-,33-,34+,35-,36+,40+,43+,44+,46-,47+,48?,49+,50-,54+,55+,56-,57-,58+/m1/s1. The highest BCUT2D eigenvalue weighted by Crippen LogP contribution is 2.50. The van der Waals surface area contributed by atoms with E-state index in [1.165, 1.54) is 26.0 Å². The summed E-state index contributed by atoms with van der Waals surface area (Å²) in [4.78, 5) is 67.1. The molecule has 0 spiro atoms. The molecule has 5 heterocycles. The van der Waals surface area contributed by atoms with Crippen LogP contribution < -0.4 is 14.4 Å². The van der Waals surface area contributed by atoms with Crippen LogP contribution >= 0.6 is 34.4 Å². The number of benzene rings is 1. The first kappa shape index (κ1) is 63.4. The van der Waals surface area contributed by atoms with Crippen LogP contribution in [0.2, 0.25) is 0 Å². The minimum absolute atomic E-state index is 0.0219. The molecular formula is C58H86IN3O16S. The second-order valence-corrected chi connectivity index (χ2v) is 25.7. The number of amides is 1. The number of fused-ring (bicyclic) bond motifs is 1. The van der Waals surface area contributed by atoms with Gasteiger partial charge in [0.15, 0.2) is 33.8 Å². The molecule has 19 atom stereocenters. The zero-order valence-corrected chi connectivity index (χ0v) is 51.4. The van der Waals surface area contributed by atoms with Crippen LogP contribution in [-0.2, 0) is 52.3 Å². The Balaban J connectivity index is 1.25. The molecule has 2 aromatic rings. The van der Waals surface area contributed by atoms with E-state index >= 15 is 9.59 Å². The number of ketones is 1. The fourth-order valence-corrected chi connectivity index (χ4v) is 14.9. The maximum absolute atomic E-state index is 15.4. The maximum Gasteiger partial charge on any atom is 0.320 e. The van der Waals surface area contributed by atoms with Crippen molar-refractivity contribution in [3.8, 4) is 11.5 Å². The predicted octanol–water partition coefficient (Wildman–Crippen LogP) is 7.42. The zero-order chi connectivity index (χ0) is 57.9. The molecule has 5 fully saturated rings. The van der Waals surface area contributed by atoms with Crippen LogP contribution in [0.25, 0.3) is 0 Å². The number of methoxy groups -OCH3 is 3. The Labute approximate surface area is 484 Å². The number of alkyl halides is 1. The highest BCUT2D eigenvalue weighted by molar-refractivity contribution is 14.1. The van der Waals surface area contributed by atoms with E-state index in [1.54, 1.807) is 83.3 Å². The smallest absolute Gasteiger partial charge is 0.320 e. The van der Waals surface area contributed by atoms with Crippen molar-refractivity contribution < 1.29 is 76.8 Å². The van der Waals surface area contributed by atoms with Crippen molar-refractivity contribution in [3.63, 3.8) is 0 Å². The van der Waals surface area contributed by atoms with E-state index in [0.29, 0.717) is 29.2 Å². The summed E-state index contributed by atoms with van der Waals surface area (Å²) in [6.45, 7) is 16.2. The summed E-state index contributed by atoms with van der Waals surface area (Å²) in [5, 5.41) is 22.2. The number of Topliss-reactive ketones (excluding diaryl/α,β-unsaturated/α-hetero) is 1. The van der Waals surface area contributed by atoms with Crippen LogP contribution in [0.15, 0.2) is 42.7 Å². The minimum atomic E-state index is -1.52. The molecule has 79 heavy (non-hydrogen) atoms. The van der Waals surface area contributed by atoms with Crippen molar-refractivity contribution in [1.82, 2.24) is 9.88 Å². The number of pyridine rings is 1. The lowest BCUT2D eigenvalue weighted by Gasteiger charge is -2.49. The van der Waals surface area contributed by atoms with Gasteiger partial charge in [0.05, 0.1) is 54.7 Å². The number of nitrogens with zero attached hydrogens (tertiary/aromatic N) is 3. The molecule has 21 heteroatoms. The number of esters is 2. The molecule has 0 radical (unpaired) electrons. The van der Waals surface area contributed by atoms with E-state index in [-0.39, 0.29) is 55.1 Å². The van der Waals surface area contributed by atoms with Gasteiger partial charge in [-0.25, -0.2) is 0 Å². The molecule has 5 aliphatic rings. The normalized spacial score (nSPS) is 38.9. The van der Waals surface area contributed by atoms with Crippen molar-refractivity contribution in [2.75, 3.05) is 52.6 Å². The first-order valence-electron chi connectivity index (χ1n) is 27.8. The van der Waals surface area contributed by atoms with Gasteiger partial charge in [0.2, 0.25) is 0 Å². The number of likely N-dealkylation sites (N-methyl/N-ethyl adjacent to an activating group) is 1. The largest absolute Gasteiger partial charge is 0.493 e. The number of aliphatic hydroxyl groups is 2. The molecule has 19 nitrogen and oxygen atoms in total. The van der Waals surface area contributed by atoms with Gasteiger partial charge in [-0.15, -0.1) is 11.8 Å². The molecule has 442 valence electrons. The van der Waals surface area contributed by atoms with Crippen molar-refractivity contribution in [1.29, 1.82) is 0 Å². The quantitative estimate of drug-likeness (QED) is 0.0949. The van der Waals surface area contributed by atoms with E-state index in [4.69, 9.17) is 47.4 Å². The van der Waals surface area contributed by atoms with Gasteiger partial charge < -0.3 is 67.4 Å². The number of ether oxygens (including phenoxy) is 10. The lowest BCUT2D eigenvalue weighted by molar-refractivity contribution is -0.319. The summed E-state index contributed by atoms with van der Waals surface area (Å²) in [6, 6.07) is 8.36. The Morgan fingerprint density at radius 3 is 2.16 bits per heavy atom. The lowest BCUT2D eigenvalue weighted by atomic mass is 9.72. The third-order valence-corrected chi connectivity index (χ3v) is 20.3. The number of cyclic esters (lactones) is 1. The molecule has 1 aromatic heterocycles. The number of anilines is 1. The van der Waals surface area contributed by atoms with Gasteiger partial charge in [0.25, 0.3) is 5.91 Å². The second-order valence-electron chi connectivity index (χ2n) is 23.4. The van der Waals surface area contributed by atoms with Crippen LogP contribution in [0.5, 0.6) is 11.5 Å². The summed E-state index contributed by atoms with van der Waals surface area (Å²) in [7, 11) is 8.39. The second kappa shape index (κ2) is 26.6. The lowest BCUT2D eigenvalue weighted by Crippen LogP contribution is -2.61. The first-order valence-corrected chi connectivity index (χ1v) is 30.1. The molecule has 4 saturated heterocycles. The Kier molecular flexibility index (Phi) is 21.3. The average molecular weight is 1240 g/mol. The van der Waals surface area contributed by atoms with Crippen LogP contribution in [0.1, 0.15) is 118 Å². The summed E-state index contributed by atoms with van der Waals surface area (Å²) in [6.07, 6.45) is 0.479. The zero-order valence-electron chi connectivity index (χ0n) is 48.5. The predicted molar refractivity (Wildman–Crippen MR) is 304 cm³/mol. The van der Waals surface area contributed by atoms with Gasteiger partial charge in [-0.2, -0.15) is 0 Å². The van der Waals surface area contributed by atoms with Crippen molar-refractivity contribution in [3.05, 3.63) is 48.3 Å². The molecule has 1 amide bonds. The van der Waals surface area contributed by atoms with Crippen LogP contribution in [-0.4, -0.2) is 179 Å². The van der Waals surface area contributed by atoms with E-state index in [2.05, 4.69) is 4.98 Å².